The Labute approximate surface area is 173 Å². The molecular weight excluding hydrogens is 394 g/mol. The van der Waals surface area contributed by atoms with Crippen molar-refractivity contribution in [3.8, 4) is 11.4 Å². The van der Waals surface area contributed by atoms with E-state index in [-0.39, 0.29) is 29.1 Å². The molecule has 1 aromatic heterocycles. The zero-order chi connectivity index (χ0) is 20.0. The van der Waals surface area contributed by atoms with Crippen molar-refractivity contribution in [2.75, 3.05) is 19.7 Å². The van der Waals surface area contributed by atoms with E-state index in [0.717, 1.165) is 31.2 Å². The summed E-state index contributed by atoms with van der Waals surface area (Å²) in [6.07, 6.45) is 3.63. The molecule has 3 heterocycles. The van der Waals surface area contributed by atoms with Crippen LogP contribution in [0.5, 0.6) is 0 Å². The summed E-state index contributed by atoms with van der Waals surface area (Å²) in [4.78, 5) is 30.7. The number of rotatable bonds is 3. The lowest BCUT2D eigenvalue weighted by atomic mass is 9.61. The molecule has 0 bridgehead atoms. The highest BCUT2D eigenvalue weighted by atomic mass is 35.5. The average Bonchev–Trinajstić information content (AvgIpc) is 3.34. The summed E-state index contributed by atoms with van der Waals surface area (Å²) in [5.41, 5.74) is 0.794. The van der Waals surface area contributed by atoms with Gasteiger partial charge in [0.25, 0.3) is 0 Å². The Bertz CT molecular complexity index is 928. The van der Waals surface area contributed by atoms with Crippen LogP contribution in [0.4, 0.5) is 0 Å². The third-order valence-electron chi connectivity index (χ3n) is 6.47. The van der Waals surface area contributed by atoms with Gasteiger partial charge in [-0.1, -0.05) is 16.8 Å². The summed E-state index contributed by atoms with van der Waals surface area (Å²) in [5.74, 6) is 1.46. The molecule has 29 heavy (non-hydrogen) atoms. The standard InChI is InChI=1S/C21H22ClN3O4/c22-16-3-1-13(2-4-16)18-23-19(29-24-18)14-5-7-25(8-6-14)20(27)15-9-21(10-15)11-17(26)28-12-21/h1-4,14-15H,5-12H2. The number of halogens is 1. The number of cyclic esters (lactones) is 1. The van der Waals surface area contributed by atoms with E-state index in [9.17, 15) is 9.59 Å². The second-order valence-corrected chi connectivity index (χ2v) is 8.94. The molecule has 152 valence electrons. The fourth-order valence-electron chi connectivity index (χ4n) is 4.79. The van der Waals surface area contributed by atoms with Gasteiger partial charge in [-0.05, 0) is 49.9 Å². The quantitative estimate of drug-likeness (QED) is 0.714. The summed E-state index contributed by atoms with van der Waals surface area (Å²) in [5, 5.41) is 4.76. The van der Waals surface area contributed by atoms with Crippen LogP contribution in [-0.2, 0) is 14.3 Å². The molecular formula is C21H22ClN3O4. The average molecular weight is 416 g/mol. The molecule has 1 aliphatic carbocycles. The molecule has 0 N–H and O–H groups in total. The van der Waals surface area contributed by atoms with Gasteiger partial charge in [-0.2, -0.15) is 4.98 Å². The fraction of sp³-hybridized carbons (Fsp3) is 0.524. The fourth-order valence-corrected chi connectivity index (χ4v) is 4.91. The van der Waals surface area contributed by atoms with Gasteiger partial charge in [0, 0.05) is 40.9 Å². The third-order valence-corrected chi connectivity index (χ3v) is 6.72. The molecule has 5 rings (SSSR count). The van der Waals surface area contributed by atoms with Gasteiger partial charge >= 0.3 is 5.97 Å². The molecule has 0 unspecified atom stereocenters. The van der Waals surface area contributed by atoms with Crippen LogP contribution < -0.4 is 0 Å². The van der Waals surface area contributed by atoms with Crippen LogP contribution in [0.25, 0.3) is 11.4 Å². The molecule has 2 aromatic rings. The number of carbonyl (C=O) groups is 2. The Kier molecular flexibility index (Phi) is 4.57. The van der Waals surface area contributed by atoms with Gasteiger partial charge in [0.15, 0.2) is 0 Å². The maximum Gasteiger partial charge on any atom is 0.306 e. The highest BCUT2D eigenvalue weighted by molar-refractivity contribution is 6.30. The zero-order valence-electron chi connectivity index (χ0n) is 16.0. The summed E-state index contributed by atoms with van der Waals surface area (Å²) in [6, 6.07) is 7.34. The van der Waals surface area contributed by atoms with E-state index in [4.69, 9.17) is 20.9 Å². The predicted molar refractivity (Wildman–Crippen MR) is 104 cm³/mol. The number of hydrogen-bond acceptors (Lipinski definition) is 6. The Balaban J connectivity index is 1.16. The van der Waals surface area contributed by atoms with E-state index >= 15 is 0 Å². The van der Waals surface area contributed by atoms with Gasteiger partial charge in [-0.25, -0.2) is 0 Å². The van der Waals surface area contributed by atoms with Gasteiger partial charge in [-0.3, -0.25) is 9.59 Å². The van der Waals surface area contributed by atoms with Gasteiger partial charge in [-0.15, -0.1) is 0 Å². The topological polar surface area (TPSA) is 85.5 Å². The second-order valence-electron chi connectivity index (χ2n) is 8.51. The number of benzene rings is 1. The molecule has 0 radical (unpaired) electrons. The number of esters is 1. The highest BCUT2D eigenvalue weighted by Gasteiger charge is 2.53. The largest absolute Gasteiger partial charge is 0.465 e. The summed E-state index contributed by atoms with van der Waals surface area (Å²) in [6.45, 7) is 1.87. The van der Waals surface area contributed by atoms with E-state index in [2.05, 4.69) is 10.1 Å². The first kappa shape index (κ1) is 18.6. The summed E-state index contributed by atoms with van der Waals surface area (Å²) < 4.78 is 10.6. The van der Waals surface area contributed by atoms with Crippen molar-refractivity contribution >= 4 is 23.5 Å². The van der Waals surface area contributed by atoms with Crippen LogP contribution >= 0.6 is 11.6 Å². The maximum absolute atomic E-state index is 12.8. The first-order chi connectivity index (χ1) is 14.0. The lowest BCUT2D eigenvalue weighted by Crippen LogP contribution is -2.49. The Morgan fingerprint density at radius 3 is 2.55 bits per heavy atom. The van der Waals surface area contributed by atoms with Crippen LogP contribution in [0.3, 0.4) is 0 Å². The van der Waals surface area contributed by atoms with Crippen molar-refractivity contribution in [1.29, 1.82) is 0 Å². The summed E-state index contributed by atoms with van der Waals surface area (Å²) in [7, 11) is 0. The van der Waals surface area contributed by atoms with Crippen molar-refractivity contribution in [3.05, 3.63) is 35.2 Å². The molecule has 1 aromatic carbocycles. The Morgan fingerprint density at radius 1 is 1.17 bits per heavy atom. The first-order valence-electron chi connectivity index (χ1n) is 10.1. The molecule has 2 aliphatic heterocycles. The molecule has 3 aliphatic rings. The first-order valence-corrected chi connectivity index (χ1v) is 10.4. The van der Waals surface area contributed by atoms with E-state index in [1.807, 2.05) is 17.0 Å². The van der Waals surface area contributed by atoms with E-state index in [0.29, 0.717) is 42.9 Å². The third kappa shape index (κ3) is 3.52. The van der Waals surface area contributed by atoms with Gasteiger partial charge in [0.2, 0.25) is 17.6 Å². The van der Waals surface area contributed by atoms with E-state index in [1.54, 1.807) is 12.1 Å². The highest BCUT2D eigenvalue weighted by Crippen LogP contribution is 2.52. The van der Waals surface area contributed by atoms with Crippen molar-refractivity contribution in [1.82, 2.24) is 15.0 Å². The molecule has 7 nitrogen and oxygen atoms in total. The summed E-state index contributed by atoms with van der Waals surface area (Å²) >= 11 is 5.93. The Hall–Kier alpha value is -2.41. The van der Waals surface area contributed by atoms with Crippen LogP contribution in [-0.4, -0.2) is 46.6 Å². The number of carbonyl (C=O) groups excluding carboxylic acids is 2. The normalized spacial score (nSPS) is 27.1. The van der Waals surface area contributed by atoms with Gasteiger partial charge in [0.1, 0.15) is 0 Å². The number of likely N-dealkylation sites (tertiary alicyclic amines) is 1. The SMILES string of the molecule is O=C1CC2(CO1)CC(C(=O)N1CCC(c3nc(-c4ccc(Cl)cc4)no3)CC1)C2. The number of amides is 1. The molecule has 2 saturated heterocycles. The zero-order valence-corrected chi connectivity index (χ0v) is 16.7. The molecule has 1 saturated carbocycles. The van der Waals surface area contributed by atoms with Crippen LogP contribution in [0.1, 0.15) is 43.9 Å². The number of aromatic nitrogens is 2. The monoisotopic (exact) mass is 415 g/mol. The van der Waals surface area contributed by atoms with Crippen molar-refractivity contribution < 1.29 is 18.8 Å². The number of ether oxygens (including phenoxy) is 1. The van der Waals surface area contributed by atoms with Crippen LogP contribution in [0.15, 0.2) is 28.8 Å². The van der Waals surface area contributed by atoms with Crippen molar-refractivity contribution in [3.63, 3.8) is 0 Å². The molecule has 8 heteroatoms. The number of piperidine rings is 1. The minimum absolute atomic E-state index is 0.0287. The molecule has 0 atom stereocenters. The van der Waals surface area contributed by atoms with Gasteiger partial charge < -0.3 is 14.2 Å². The number of nitrogens with zero attached hydrogens (tertiary/aromatic N) is 3. The minimum atomic E-state index is -0.130. The smallest absolute Gasteiger partial charge is 0.306 e. The van der Waals surface area contributed by atoms with Crippen molar-refractivity contribution in [2.45, 2.75) is 38.0 Å². The second kappa shape index (κ2) is 7.13. The molecule has 3 fully saturated rings. The lowest BCUT2D eigenvalue weighted by Gasteiger charge is -2.44. The van der Waals surface area contributed by atoms with Crippen molar-refractivity contribution in [2.24, 2.45) is 11.3 Å². The molecule has 1 spiro atoms. The van der Waals surface area contributed by atoms with E-state index < -0.39 is 0 Å². The number of hydrogen-bond donors (Lipinski definition) is 0. The Morgan fingerprint density at radius 2 is 1.90 bits per heavy atom. The van der Waals surface area contributed by atoms with Gasteiger partial charge in [0.05, 0.1) is 13.0 Å². The molecule has 1 amide bonds. The maximum atomic E-state index is 12.8. The van der Waals surface area contributed by atoms with Crippen LogP contribution in [0, 0.1) is 11.3 Å². The predicted octanol–water partition coefficient (Wildman–Crippen LogP) is 3.44. The van der Waals surface area contributed by atoms with Crippen LogP contribution in [0.2, 0.25) is 5.02 Å². The van der Waals surface area contributed by atoms with E-state index in [1.165, 1.54) is 0 Å². The minimum Gasteiger partial charge on any atom is -0.465 e. The lowest BCUT2D eigenvalue weighted by molar-refractivity contribution is -0.144.